The highest BCUT2D eigenvalue weighted by Crippen LogP contribution is 2.35. The molecule has 5 heteroatoms. The molecule has 15 heavy (non-hydrogen) atoms. The number of nitrogens with zero attached hydrogens (tertiary/aromatic N) is 1. The van der Waals surface area contributed by atoms with Gasteiger partial charge in [0.25, 0.3) is 0 Å². The van der Waals surface area contributed by atoms with E-state index in [0.29, 0.717) is 31.7 Å². The topological polar surface area (TPSA) is 75.2 Å². The number of hydrogen-bond acceptors (Lipinski definition) is 3. The van der Waals surface area contributed by atoms with Gasteiger partial charge in [-0.3, -0.25) is 4.79 Å². The zero-order valence-electron chi connectivity index (χ0n) is 8.62. The van der Waals surface area contributed by atoms with Gasteiger partial charge in [-0.25, -0.2) is 4.98 Å². The number of aromatic amines is 1. The van der Waals surface area contributed by atoms with Crippen molar-refractivity contribution < 1.29 is 14.6 Å². The SMILES string of the molecule is Cc1[nH]cnc1C1(C(=O)O)CCOCC1. The molecule has 2 rings (SSSR count). The van der Waals surface area contributed by atoms with Crippen molar-refractivity contribution in [2.45, 2.75) is 25.2 Å². The summed E-state index contributed by atoms with van der Waals surface area (Å²) in [5.41, 5.74) is 0.625. The van der Waals surface area contributed by atoms with Crippen LogP contribution < -0.4 is 0 Å². The van der Waals surface area contributed by atoms with Crippen molar-refractivity contribution >= 4 is 5.97 Å². The molecule has 0 atom stereocenters. The summed E-state index contributed by atoms with van der Waals surface area (Å²) >= 11 is 0. The number of aromatic nitrogens is 2. The minimum absolute atomic E-state index is 0.485. The van der Waals surface area contributed by atoms with E-state index in [2.05, 4.69) is 9.97 Å². The minimum Gasteiger partial charge on any atom is -0.481 e. The highest BCUT2D eigenvalue weighted by atomic mass is 16.5. The number of nitrogens with one attached hydrogen (secondary N) is 1. The first kappa shape index (κ1) is 10.2. The Balaban J connectivity index is 2.42. The second-order valence-electron chi connectivity index (χ2n) is 3.88. The van der Waals surface area contributed by atoms with Gasteiger partial charge in [0.15, 0.2) is 0 Å². The molecule has 82 valence electrons. The van der Waals surface area contributed by atoms with Crippen LogP contribution in [-0.4, -0.2) is 34.3 Å². The highest BCUT2D eigenvalue weighted by molar-refractivity contribution is 5.81. The van der Waals surface area contributed by atoms with Crippen LogP contribution >= 0.6 is 0 Å². The Bertz CT molecular complexity index is 366. The Hall–Kier alpha value is -1.36. The van der Waals surface area contributed by atoms with Crippen LogP contribution in [0, 0.1) is 6.92 Å². The zero-order valence-corrected chi connectivity index (χ0v) is 8.62. The monoisotopic (exact) mass is 210 g/mol. The number of aliphatic carboxylic acids is 1. The van der Waals surface area contributed by atoms with E-state index in [1.807, 2.05) is 6.92 Å². The number of aryl methyl sites for hydroxylation is 1. The Morgan fingerprint density at radius 3 is 2.73 bits per heavy atom. The Kier molecular flexibility index (Phi) is 2.48. The third-order valence-electron chi connectivity index (χ3n) is 3.04. The standard InChI is InChI=1S/C10H14N2O3/c1-7-8(12-6-11-7)10(9(13)14)2-4-15-5-3-10/h6H,2-5H2,1H3,(H,11,12)(H,13,14). The highest BCUT2D eigenvalue weighted by Gasteiger charge is 2.44. The van der Waals surface area contributed by atoms with E-state index in [4.69, 9.17) is 4.74 Å². The van der Waals surface area contributed by atoms with Gasteiger partial charge < -0.3 is 14.8 Å². The first-order valence-corrected chi connectivity index (χ1v) is 4.98. The summed E-state index contributed by atoms with van der Waals surface area (Å²) in [6, 6.07) is 0. The maximum Gasteiger partial charge on any atom is 0.315 e. The van der Waals surface area contributed by atoms with Gasteiger partial charge in [0.1, 0.15) is 5.41 Å². The second-order valence-corrected chi connectivity index (χ2v) is 3.88. The van der Waals surface area contributed by atoms with Crippen LogP contribution in [0.2, 0.25) is 0 Å². The maximum atomic E-state index is 11.4. The molecule has 0 aliphatic carbocycles. The fraction of sp³-hybridized carbons (Fsp3) is 0.600. The number of hydrogen-bond donors (Lipinski definition) is 2. The molecule has 0 aromatic carbocycles. The summed E-state index contributed by atoms with van der Waals surface area (Å²) in [5.74, 6) is -0.805. The summed E-state index contributed by atoms with van der Waals surface area (Å²) in [6.45, 7) is 2.82. The molecule has 0 saturated carbocycles. The van der Waals surface area contributed by atoms with E-state index >= 15 is 0 Å². The van der Waals surface area contributed by atoms with Crippen molar-refractivity contribution in [2.75, 3.05) is 13.2 Å². The van der Waals surface area contributed by atoms with Gasteiger partial charge >= 0.3 is 5.97 Å². The Morgan fingerprint density at radius 2 is 2.27 bits per heavy atom. The molecule has 1 aromatic heterocycles. The lowest BCUT2D eigenvalue weighted by Gasteiger charge is -2.32. The molecule has 0 radical (unpaired) electrons. The third kappa shape index (κ3) is 1.52. The predicted octanol–water partition coefficient (Wildman–Crippen LogP) is 0.851. The van der Waals surface area contributed by atoms with E-state index in [0.717, 1.165) is 5.69 Å². The Labute approximate surface area is 87.5 Å². The fourth-order valence-electron chi connectivity index (χ4n) is 2.11. The van der Waals surface area contributed by atoms with Crippen LogP contribution in [0.4, 0.5) is 0 Å². The number of imidazole rings is 1. The fourth-order valence-corrected chi connectivity index (χ4v) is 2.11. The largest absolute Gasteiger partial charge is 0.481 e. The van der Waals surface area contributed by atoms with Crippen LogP contribution in [0.5, 0.6) is 0 Å². The molecule has 1 aliphatic heterocycles. The third-order valence-corrected chi connectivity index (χ3v) is 3.04. The van der Waals surface area contributed by atoms with E-state index in [1.165, 1.54) is 0 Å². The van der Waals surface area contributed by atoms with Crippen LogP contribution in [-0.2, 0) is 14.9 Å². The molecule has 1 saturated heterocycles. The lowest BCUT2D eigenvalue weighted by molar-refractivity contribution is -0.148. The molecule has 5 nitrogen and oxygen atoms in total. The quantitative estimate of drug-likeness (QED) is 0.758. The lowest BCUT2D eigenvalue weighted by atomic mass is 9.76. The van der Waals surface area contributed by atoms with Gasteiger partial charge in [0.2, 0.25) is 0 Å². The van der Waals surface area contributed by atoms with Gasteiger partial charge in [0, 0.05) is 18.9 Å². The maximum absolute atomic E-state index is 11.4. The van der Waals surface area contributed by atoms with Crippen LogP contribution in [0.25, 0.3) is 0 Å². The van der Waals surface area contributed by atoms with Gasteiger partial charge in [0.05, 0.1) is 12.0 Å². The first-order valence-electron chi connectivity index (χ1n) is 4.98. The molecule has 1 fully saturated rings. The molecule has 1 aromatic rings. The molecule has 2 heterocycles. The lowest BCUT2D eigenvalue weighted by Crippen LogP contribution is -2.42. The average molecular weight is 210 g/mol. The van der Waals surface area contributed by atoms with Crippen molar-refractivity contribution in [1.82, 2.24) is 9.97 Å². The van der Waals surface area contributed by atoms with Crippen LogP contribution in [0.3, 0.4) is 0 Å². The van der Waals surface area contributed by atoms with Crippen molar-refractivity contribution in [1.29, 1.82) is 0 Å². The summed E-state index contributed by atoms with van der Waals surface area (Å²) in [4.78, 5) is 18.5. The molecule has 2 N–H and O–H groups in total. The molecule has 0 bridgehead atoms. The molecular formula is C10H14N2O3. The number of carboxylic acids is 1. The summed E-state index contributed by atoms with van der Waals surface area (Å²) in [6.07, 6.45) is 2.53. The smallest absolute Gasteiger partial charge is 0.315 e. The molecule has 0 spiro atoms. The van der Waals surface area contributed by atoms with E-state index < -0.39 is 11.4 Å². The van der Waals surface area contributed by atoms with E-state index in [1.54, 1.807) is 6.33 Å². The second kappa shape index (κ2) is 3.66. The number of H-pyrrole nitrogens is 1. The van der Waals surface area contributed by atoms with Gasteiger partial charge in [-0.15, -0.1) is 0 Å². The van der Waals surface area contributed by atoms with E-state index in [9.17, 15) is 9.90 Å². The Morgan fingerprint density at radius 1 is 1.60 bits per heavy atom. The number of ether oxygens (including phenoxy) is 1. The summed E-state index contributed by atoms with van der Waals surface area (Å²) in [5, 5.41) is 9.38. The van der Waals surface area contributed by atoms with Gasteiger partial charge in [-0.2, -0.15) is 0 Å². The number of carboxylic acid groups (broad SMARTS) is 1. The molecule has 0 unspecified atom stereocenters. The molecule has 0 amide bonds. The van der Waals surface area contributed by atoms with Gasteiger partial charge in [-0.05, 0) is 19.8 Å². The van der Waals surface area contributed by atoms with Crippen molar-refractivity contribution in [3.8, 4) is 0 Å². The summed E-state index contributed by atoms with van der Waals surface area (Å²) < 4.78 is 5.21. The van der Waals surface area contributed by atoms with Gasteiger partial charge in [-0.1, -0.05) is 0 Å². The van der Waals surface area contributed by atoms with Crippen LogP contribution in [0.15, 0.2) is 6.33 Å². The minimum atomic E-state index is -0.859. The van der Waals surface area contributed by atoms with Crippen molar-refractivity contribution in [2.24, 2.45) is 0 Å². The first-order chi connectivity index (χ1) is 7.17. The van der Waals surface area contributed by atoms with Crippen molar-refractivity contribution in [3.63, 3.8) is 0 Å². The zero-order chi connectivity index (χ0) is 10.9. The predicted molar refractivity (Wildman–Crippen MR) is 52.7 cm³/mol. The van der Waals surface area contributed by atoms with E-state index in [-0.39, 0.29) is 0 Å². The number of rotatable bonds is 2. The molecule has 1 aliphatic rings. The molecular weight excluding hydrogens is 196 g/mol. The van der Waals surface area contributed by atoms with Crippen LogP contribution in [0.1, 0.15) is 24.2 Å². The normalized spacial score (nSPS) is 20.1. The average Bonchev–Trinajstić information content (AvgIpc) is 2.66. The van der Waals surface area contributed by atoms with Crippen molar-refractivity contribution in [3.05, 3.63) is 17.7 Å². The summed E-state index contributed by atoms with van der Waals surface area (Å²) in [7, 11) is 0. The number of carbonyl (C=O) groups is 1.